The highest BCUT2D eigenvalue weighted by Crippen LogP contribution is 2.40. The third-order valence-corrected chi connectivity index (χ3v) is 3.58. The molecule has 0 amide bonds. The van der Waals surface area contributed by atoms with Gasteiger partial charge in [-0.2, -0.15) is 0 Å². The normalized spacial score (nSPS) is 10.7. The van der Waals surface area contributed by atoms with Crippen molar-refractivity contribution in [1.29, 1.82) is 0 Å². The Balaban J connectivity index is 2.17. The Hall–Kier alpha value is -2.69. The first-order chi connectivity index (χ1) is 10.7. The van der Waals surface area contributed by atoms with Gasteiger partial charge in [-0.1, -0.05) is 6.07 Å². The summed E-state index contributed by atoms with van der Waals surface area (Å²) in [5.74, 6) is 2.54. The number of rotatable bonds is 4. The minimum atomic E-state index is 0.570. The molecule has 0 fully saturated rings. The van der Waals surface area contributed by atoms with Crippen LogP contribution in [0.25, 0.3) is 22.4 Å². The van der Waals surface area contributed by atoms with Crippen LogP contribution in [0.4, 0.5) is 0 Å². The van der Waals surface area contributed by atoms with Gasteiger partial charge in [0, 0.05) is 5.56 Å². The number of H-pyrrole nitrogens is 1. The van der Waals surface area contributed by atoms with Gasteiger partial charge in [0.15, 0.2) is 11.5 Å². The molecule has 22 heavy (non-hydrogen) atoms. The molecule has 1 aromatic heterocycles. The highest BCUT2D eigenvalue weighted by Gasteiger charge is 2.15. The van der Waals surface area contributed by atoms with E-state index in [1.165, 1.54) is 5.56 Å². The van der Waals surface area contributed by atoms with Crippen LogP contribution in [-0.2, 0) is 0 Å². The SMILES string of the molecule is COc1cc(-c2nc3ccc(C)cc3[nH]2)cc(OC)c1OC. The van der Waals surface area contributed by atoms with Gasteiger partial charge >= 0.3 is 0 Å². The van der Waals surface area contributed by atoms with Crippen molar-refractivity contribution in [2.45, 2.75) is 6.92 Å². The topological polar surface area (TPSA) is 56.4 Å². The molecule has 0 saturated carbocycles. The number of imidazole rings is 1. The van der Waals surface area contributed by atoms with Crippen LogP contribution in [-0.4, -0.2) is 31.3 Å². The number of methoxy groups -OCH3 is 3. The van der Waals surface area contributed by atoms with Crippen molar-refractivity contribution in [1.82, 2.24) is 9.97 Å². The average molecular weight is 298 g/mol. The summed E-state index contributed by atoms with van der Waals surface area (Å²) in [6, 6.07) is 9.88. The average Bonchev–Trinajstić information content (AvgIpc) is 2.96. The molecule has 0 atom stereocenters. The molecule has 114 valence electrons. The highest BCUT2D eigenvalue weighted by atomic mass is 16.5. The number of aromatic amines is 1. The minimum absolute atomic E-state index is 0.570. The molecule has 0 spiro atoms. The molecule has 3 rings (SSSR count). The summed E-state index contributed by atoms with van der Waals surface area (Å²) in [7, 11) is 4.79. The maximum absolute atomic E-state index is 5.39. The van der Waals surface area contributed by atoms with E-state index in [1.807, 2.05) is 24.3 Å². The molecular weight excluding hydrogens is 280 g/mol. The molecular formula is C17H18N2O3. The van der Waals surface area contributed by atoms with E-state index in [2.05, 4.69) is 23.0 Å². The number of nitrogens with one attached hydrogen (secondary N) is 1. The van der Waals surface area contributed by atoms with E-state index >= 15 is 0 Å². The largest absolute Gasteiger partial charge is 0.493 e. The maximum Gasteiger partial charge on any atom is 0.203 e. The number of hydrogen-bond acceptors (Lipinski definition) is 4. The van der Waals surface area contributed by atoms with Gasteiger partial charge in [0.2, 0.25) is 5.75 Å². The van der Waals surface area contributed by atoms with E-state index in [1.54, 1.807) is 21.3 Å². The Morgan fingerprint density at radius 1 is 0.909 bits per heavy atom. The first-order valence-corrected chi connectivity index (χ1v) is 6.93. The summed E-state index contributed by atoms with van der Waals surface area (Å²) in [6.07, 6.45) is 0. The fraction of sp³-hybridized carbons (Fsp3) is 0.235. The van der Waals surface area contributed by atoms with Crippen LogP contribution in [0, 0.1) is 6.92 Å². The molecule has 0 saturated heterocycles. The standard InChI is InChI=1S/C17H18N2O3/c1-10-5-6-12-13(7-10)19-17(18-12)11-8-14(20-2)16(22-4)15(9-11)21-3/h5-9H,1-4H3,(H,18,19). The second-order valence-corrected chi connectivity index (χ2v) is 5.02. The zero-order valence-corrected chi connectivity index (χ0v) is 13.1. The number of aryl methyl sites for hydroxylation is 1. The van der Waals surface area contributed by atoms with E-state index in [4.69, 9.17) is 14.2 Å². The third-order valence-electron chi connectivity index (χ3n) is 3.58. The smallest absolute Gasteiger partial charge is 0.203 e. The molecule has 0 bridgehead atoms. The van der Waals surface area contributed by atoms with Gasteiger partial charge in [-0.3, -0.25) is 0 Å². The van der Waals surface area contributed by atoms with Crippen LogP contribution >= 0.6 is 0 Å². The summed E-state index contributed by atoms with van der Waals surface area (Å²) >= 11 is 0. The molecule has 0 aliphatic carbocycles. The van der Waals surface area contributed by atoms with Gasteiger partial charge in [0.05, 0.1) is 32.4 Å². The zero-order valence-electron chi connectivity index (χ0n) is 13.1. The lowest BCUT2D eigenvalue weighted by molar-refractivity contribution is 0.324. The Bertz CT molecular complexity index is 799. The van der Waals surface area contributed by atoms with Crippen molar-refractivity contribution < 1.29 is 14.2 Å². The minimum Gasteiger partial charge on any atom is -0.493 e. The van der Waals surface area contributed by atoms with Gasteiger partial charge < -0.3 is 19.2 Å². The summed E-state index contributed by atoms with van der Waals surface area (Å²) in [4.78, 5) is 7.95. The number of ether oxygens (including phenoxy) is 3. The van der Waals surface area contributed by atoms with E-state index in [9.17, 15) is 0 Å². The Morgan fingerprint density at radius 2 is 1.59 bits per heavy atom. The van der Waals surface area contributed by atoms with Crippen molar-refractivity contribution in [3.05, 3.63) is 35.9 Å². The van der Waals surface area contributed by atoms with Crippen LogP contribution < -0.4 is 14.2 Å². The lowest BCUT2D eigenvalue weighted by Crippen LogP contribution is -1.96. The first-order valence-electron chi connectivity index (χ1n) is 6.93. The van der Waals surface area contributed by atoms with Crippen molar-refractivity contribution in [3.8, 4) is 28.6 Å². The quantitative estimate of drug-likeness (QED) is 0.800. The second kappa shape index (κ2) is 5.60. The van der Waals surface area contributed by atoms with Crippen molar-refractivity contribution in [3.63, 3.8) is 0 Å². The lowest BCUT2D eigenvalue weighted by Gasteiger charge is -2.13. The van der Waals surface area contributed by atoms with Gasteiger partial charge in [-0.15, -0.1) is 0 Å². The van der Waals surface area contributed by atoms with Crippen molar-refractivity contribution in [2.75, 3.05) is 21.3 Å². The van der Waals surface area contributed by atoms with Crippen LogP contribution in [0.15, 0.2) is 30.3 Å². The van der Waals surface area contributed by atoms with E-state index in [-0.39, 0.29) is 0 Å². The summed E-state index contributed by atoms with van der Waals surface area (Å²) < 4.78 is 16.1. The fourth-order valence-corrected chi connectivity index (χ4v) is 2.48. The van der Waals surface area contributed by atoms with E-state index in [0.717, 1.165) is 22.4 Å². The predicted molar refractivity (Wildman–Crippen MR) is 85.9 cm³/mol. The second-order valence-electron chi connectivity index (χ2n) is 5.02. The van der Waals surface area contributed by atoms with Crippen LogP contribution in [0.2, 0.25) is 0 Å². The predicted octanol–water partition coefficient (Wildman–Crippen LogP) is 3.56. The Labute approximate surface area is 128 Å². The molecule has 0 aliphatic rings. The molecule has 1 N–H and O–H groups in total. The van der Waals surface area contributed by atoms with Gasteiger partial charge in [-0.05, 0) is 36.8 Å². The molecule has 0 radical (unpaired) electrons. The molecule has 5 nitrogen and oxygen atoms in total. The van der Waals surface area contributed by atoms with Gasteiger partial charge in [-0.25, -0.2) is 4.98 Å². The fourth-order valence-electron chi connectivity index (χ4n) is 2.48. The Kier molecular flexibility index (Phi) is 3.63. The highest BCUT2D eigenvalue weighted by molar-refractivity contribution is 5.81. The monoisotopic (exact) mass is 298 g/mol. The molecule has 3 aromatic rings. The number of fused-ring (bicyclic) bond motifs is 1. The van der Waals surface area contributed by atoms with Crippen molar-refractivity contribution in [2.24, 2.45) is 0 Å². The molecule has 0 unspecified atom stereocenters. The maximum atomic E-state index is 5.39. The summed E-state index contributed by atoms with van der Waals surface area (Å²) in [5, 5.41) is 0. The lowest BCUT2D eigenvalue weighted by atomic mass is 10.1. The van der Waals surface area contributed by atoms with Gasteiger partial charge in [0.1, 0.15) is 5.82 Å². The Morgan fingerprint density at radius 3 is 2.18 bits per heavy atom. The number of aromatic nitrogens is 2. The zero-order chi connectivity index (χ0) is 15.7. The first kappa shape index (κ1) is 14.3. The van der Waals surface area contributed by atoms with Crippen molar-refractivity contribution >= 4 is 11.0 Å². The molecule has 1 heterocycles. The summed E-state index contributed by atoms with van der Waals surface area (Å²) in [5.41, 5.74) is 3.99. The van der Waals surface area contributed by atoms with E-state index < -0.39 is 0 Å². The molecule has 0 aliphatic heterocycles. The van der Waals surface area contributed by atoms with Gasteiger partial charge in [0.25, 0.3) is 0 Å². The number of nitrogens with zero attached hydrogens (tertiary/aromatic N) is 1. The molecule has 5 heteroatoms. The van der Waals surface area contributed by atoms with Crippen LogP contribution in [0.1, 0.15) is 5.56 Å². The number of hydrogen-bond donors (Lipinski definition) is 1. The third kappa shape index (κ3) is 2.35. The molecule has 2 aromatic carbocycles. The summed E-state index contributed by atoms with van der Waals surface area (Å²) in [6.45, 7) is 2.05. The van der Waals surface area contributed by atoms with Crippen LogP contribution in [0.5, 0.6) is 17.2 Å². The van der Waals surface area contributed by atoms with E-state index in [0.29, 0.717) is 17.2 Å². The number of benzene rings is 2. The van der Waals surface area contributed by atoms with Crippen LogP contribution in [0.3, 0.4) is 0 Å².